The smallest absolute Gasteiger partial charge is 0.305 e. The van der Waals surface area contributed by atoms with Crippen molar-refractivity contribution in [1.29, 1.82) is 0 Å². The summed E-state index contributed by atoms with van der Waals surface area (Å²) in [5, 5.41) is 23.4. The average Bonchev–Trinajstić information content (AvgIpc) is 2.59. The Hall–Kier alpha value is -1.73. The van der Waals surface area contributed by atoms with Gasteiger partial charge in [-0.15, -0.1) is 0 Å². The number of nitro benzene ring substituents is 1. The first-order chi connectivity index (χ1) is 13.0. The number of carbonyl (C=O) groups excluding carboxylic acids is 1. The second kappa shape index (κ2) is 10.7. The van der Waals surface area contributed by atoms with Crippen molar-refractivity contribution in [3.8, 4) is 0 Å². The fourth-order valence-corrected chi connectivity index (χ4v) is 4.12. The van der Waals surface area contributed by atoms with Gasteiger partial charge in [-0.2, -0.15) is 0 Å². The lowest BCUT2D eigenvalue weighted by Crippen LogP contribution is -2.31. The molecule has 0 saturated heterocycles. The summed E-state index contributed by atoms with van der Waals surface area (Å²) in [6.45, 7) is 0.568. The number of carbonyl (C=O) groups is 2. The number of benzene rings is 1. The number of nitrogens with zero attached hydrogens (tertiary/aromatic N) is 2. The number of rotatable bonds is 11. The molecule has 1 amide bonds. The summed E-state index contributed by atoms with van der Waals surface area (Å²) in [4.78, 5) is 35.0. The van der Waals surface area contributed by atoms with E-state index in [0.717, 1.165) is 18.4 Å². The van der Waals surface area contributed by atoms with Crippen LogP contribution in [0.3, 0.4) is 0 Å². The average molecular weight is 545 g/mol. The monoisotopic (exact) mass is 543 g/mol. The van der Waals surface area contributed by atoms with Gasteiger partial charge < -0.3 is 15.3 Å². The summed E-state index contributed by atoms with van der Waals surface area (Å²) < 4.78 is 24.5. The quantitative estimate of drug-likeness (QED) is 0.243. The van der Waals surface area contributed by atoms with Crippen molar-refractivity contribution in [1.82, 2.24) is 5.32 Å². The molecule has 0 fully saturated rings. The van der Waals surface area contributed by atoms with Crippen LogP contribution in [0.15, 0.2) is 17.0 Å². The molecule has 0 aromatic heterocycles. The van der Waals surface area contributed by atoms with Gasteiger partial charge in [0.2, 0.25) is 0 Å². The van der Waals surface area contributed by atoms with E-state index in [1.165, 1.54) is 0 Å². The van der Waals surface area contributed by atoms with E-state index in [2.05, 4.69) is 37.2 Å². The van der Waals surface area contributed by atoms with Crippen LogP contribution in [0, 0.1) is 10.1 Å². The molecule has 0 aliphatic heterocycles. The van der Waals surface area contributed by atoms with Gasteiger partial charge >= 0.3 is 5.97 Å². The fraction of sp³-hybridized carbons (Fsp3) is 0.467. The van der Waals surface area contributed by atoms with E-state index in [1.807, 2.05) is 0 Å². The fourth-order valence-electron chi connectivity index (χ4n) is 2.37. The minimum absolute atomic E-state index is 0.162. The number of amides is 1. The molecular weight excluding hydrogens is 526 g/mol. The molecule has 0 aliphatic rings. The summed E-state index contributed by atoms with van der Waals surface area (Å²) in [7, 11) is -3.83. The van der Waals surface area contributed by atoms with Crippen LogP contribution in [0.1, 0.15) is 16.8 Å². The molecule has 0 atom stereocenters. The molecule has 10 nitrogen and oxygen atoms in total. The summed E-state index contributed by atoms with van der Waals surface area (Å²) in [5.74, 6) is -1.99. The van der Waals surface area contributed by atoms with Gasteiger partial charge in [-0.1, -0.05) is 31.9 Å². The second-order valence-electron chi connectivity index (χ2n) is 5.63. The normalized spacial score (nSPS) is 11.1. The number of nitrogens with one attached hydrogen (secondary N) is 1. The van der Waals surface area contributed by atoms with E-state index in [4.69, 9.17) is 5.11 Å². The summed E-state index contributed by atoms with van der Waals surface area (Å²) >= 11 is 6.55. The van der Waals surface area contributed by atoms with Crippen LogP contribution in [0.4, 0.5) is 11.4 Å². The third-order valence-electron chi connectivity index (χ3n) is 3.59. The van der Waals surface area contributed by atoms with Crippen molar-refractivity contribution in [2.75, 3.05) is 41.5 Å². The lowest BCUT2D eigenvalue weighted by Gasteiger charge is -2.25. The van der Waals surface area contributed by atoms with Crippen LogP contribution >= 0.6 is 31.9 Å². The van der Waals surface area contributed by atoms with Gasteiger partial charge in [0.05, 0.1) is 21.9 Å². The van der Waals surface area contributed by atoms with Crippen LogP contribution in [0.2, 0.25) is 0 Å². The predicted molar refractivity (Wildman–Crippen MR) is 111 cm³/mol. The van der Waals surface area contributed by atoms with Gasteiger partial charge in [-0.3, -0.25) is 19.7 Å². The van der Waals surface area contributed by atoms with E-state index in [-0.39, 0.29) is 29.1 Å². The SMILES string of the molecule is CS(=O)(=O)c1cc([N+](=O)[O-])c(C(=O)NCCC(=O)O)cc1N(CCBr)CCBr. The third-order valence-corrected chi connectivity index (χ3v) is 5.43. The molecular formula is C15H19Br2N3O7S. The van der Waals surface area contributed by atoms with Crippen LogP contribution < -0.4 is 10.2 Å². The van der Waals surface area contributed by atoms with Gasteiger partial charge in [-0.25, -0.2) is 8.42 Å². The maximum Gasteiger partial charge on any atom is 0.305 e. The summed E-state index contributed by atoms with van der Waals surface area (Å²) in [5.41, 5.74) is -0.850. The van der Waals surface area contributed by atoms with Gasteiger partial charge in [0.15, 0.2) is 9.84 Å². The second-order valence-corrected chi connectivity index (χ2v) is 9.20. The molecule has 1 rings (SSSR count). The highest BCUT2D eigenvalue weighted by molar-refractivity contribution is 9.09. The summed E-state index contributed by atoms with van der Waals surface area (Å²) in [6.07, 6.45) is 0.579. The predicted octanol–water partition coefficient (Wildman–Crippen LogP) is 1.80. The molecule has 0 unspecified atom stereocenters. The molecule has 2 N–H and O–H groups in total. The van der Waals surface area contributed by atoms with Crippen LogP contribution in [-0.4, -0.2) is 66.9 Å². The van der Waals surface area contributed by atoms with Crippen LogP contribution in [0.5, 0.6) is 0 Å². The Morgan fingerprint density at radius 3 is 2.25 bits per heavy atom. The number of carboxylic acids is 1. The third kappa shape index (κ3) is 6.71. The minimum Gasteiger partial charge on any atom is -0.481 e. The van der Waals surface area contributed by atoms with Crippen molar-refractivity contribution >= 4 is 64.9 Å². The largest absolute Gasteiger partial charge is 0.481 e. The zero-order chi connectivity index (χ0) is 21.5. The Bertz CT molecular complexity index is 855. The molecule has 0 spiro atoms. The number of sulfone groups is 1. The van der Waals surface area contributed by atoms with Crippen LogP contribution in [-0.2, 0) is 14.6 Å². The van der Waals surface area contributed by atoms with Crippen molar-refractivity contribution in [3.05, 3.63) is 27.8 Å². The highest BCUT2D eigenvalue weighted by atomic mass is 79.9. The number of hydrogen-bond donors (Lipinski definition) is 2. The molecule has 13 heteroatoms. The Balaban J connectivity index is 3.57. The Morgan fingerprint density at radius 1 is 1.25 bits per heavy atom. The van der Waals surface area contributed by atoms with Crippen molar-refractivity contribution in [2.24, 2.45) is 0 Å². The van der Waals surface area contributed by atoms with Gasteiger partial charge in [0.1, 0.15) is 5.56 Å². The van der Waals surface area contributed by atoms with E-state index in [1.54, 1.807) is 4.90 Å². The molecule has 1 aromatic carbocycles. The number of aliphatic carboxylic acids is 1. The molecule has 1 aromatic rings. The number of nitro groups is 1. The molecule has 0 aliphatic carbocycles. The van der Waals surface area contributed by atoms with E-state index >= 15 is 0 Å². The Morgan fingerprint density at radius 2 is 1.82 bits per heavy atom. The Labute approximate surface area is 178 Å². The number of halogens is 2. The lowest BCUT2D eigenvalue weighted by atomic mass is 10.1. The molecule has 0 heterocycles. The number of hydrogen-bond acceptors (Lipinski definition) is 7. The van der Waals surface area contributed by atoms with E-state index in [0.29, 0.717) is 23.7 Å². The maximum atomic E-state index is 12.4. The van der Waals surface area contributed by atoms with E-state index < -0.39 is 32.3 Å². The zero-order valence-electron chi connectivity index (χ0n) is 14.9. The molecule has 0 bridgehead atoms. The van der Waals surface area contributed by atoms with Crippen molar-refractivity contribution in [3.63, 3.8) is 0 Å². The topological polar surface area (TPSA) is 147 Å². The number of carboxylic acid groups (broad SMARTS) is 1. The minimum atomic E-state index is -3.83. The van der Waals surface area contributed by atoms with Crippen molar-refractivity contribution < 1.29 is 28.0 Å². The standard InChI is InChI=1S/C15H19Br2N3O7S/c1-28(26,27)13-9-11(20(24)25)10(15(23)18-5-2-14(21)22)8-12(13)19(6-3-16)7-4-17/h8-9H,2-7H2,1H3,(H,18,23)(H,21,22). The zero-order valence-corrected chi connectivity index (χ0v) is 18.8. The first kappa shape index (κ1) is 24.3. The Kier molecular flexibility index (Phi) is 9.30. The lowest BCUT2D eigenvalue weighted by molar-refractivity contribution is -0.385. The number of anilines is 1. The first-order valence-electron chi connectivity index (χ1n) is 7.92. The molecule has 0 radical (unpaired) electrons. The molecule has 156 valence electrons. The molecule has 28 heavy (non-hydrogen) atoms. The van der Waals surface area contributed by atoms with Gasteiger partial charge in [0, 0.05) is 42.6 Å². The van der Waals surface area contributed by atoms with Crippen LogP contribution in [0.25, 0.3) is 0 Å². The number of alkyl halides is 2. The maximum absolute atomic E-state index is 12.4. The van der Waals surface area contributed by atoms with E-state index in [9.17, 15) is 28.1 Å². The summed E-state index contributed by atoms with van der Waals surface area (Å²) in [6, 6.07) is 2.03. The molecule has 0 saturated carbocycles. The highest BCUT2D eigenvalue weighted by Gasteiger charge is 2.28. The van der Waals surface area contributed by atoms with Gasteiger partial charge in [0.25, 0.3) is 11.6 Å². The highest BCUT2D eigenvalue weighted by Crippen LogP contribution is 2.33. The first-order valence-corrected chi connectivity index (χ1v) is 12.1. The van der Waals surface area contributed by atoms with Crippen molar-refractivity contribution in [2.45, 2.75) is 11.3 Å². The van der Waals surface area contributed by atoms with Gasteiger partial charge in [-0.05, 0) is 6.07 Å².